The molecule has 0 aliphatic rings. The lowest BCUT2D eigenvalue weighted by Crippen LogP contribution is -1.90. The van der Waals surface area contributed by atoms with Crippen molar-refractivity contribution < 1.29 is 4.39 Å². The molecule has 0 heterocycles. The Labute approximate surface area is 83.0 Å². The number of hydrogen-bond acceptors (Lipinski definition) is 3. The van der Waals surface area contributed by atoms with Crippen molar-refractivity contribution in [3.8, 4) is 6.07 Å². The summed E-state index contributed by atoms with van der Waals surface area (Å²) in [6.45, 7) is 0. The first-order chi connectivity index (χ1) is 6.24. The van der Waals surface area contributed by atoms with Crippen LogP contribution < -0.4 is 5.43 Å². The fourth-order valence-corrected chi connectivity index (χ4v) is 1.15. The maximum absolute atomic E-state index is 12.6. The van der Waals surface area contributed by atoms with Gasteiger partial charge in [-0.1, -0.05) is 0 Å². The summed E-state index contributed by atoms with van der Waals surface area (Å²) in [5, 5.41) is 11.7. The van der Waals surface area contributed by atoms with Crippen LogP contribution in [-0.4, -0.2) is 6.21 Å². The number of nitrogens with zero attached hydrogens (tertiary/aromatic N) is 2. The molecule has 0 bridgehead atoms. The number of anilines is 1. The second kappa shape index (κ2) is 4.58. The topological polar surface area (TPSA) is 48.2 Å². The Morgan fingerprint density at radius 2 is 2.38 bits per heavy atom. The van der Waals surface area contributed by atoms with E-state index in [1.165, 1.54) is 18.2 Å². The van der Waals surface area contributed by atoms with Crippen molar-refractivity contribution >= 4 is 27.8 Å². The van der Waals surface area contributed by atoms with Crippen LogP contribution in [0.4, 0.5) is 10.1 Å². The summed E-state index contributed by atoms with van der Waals surface area (Å²) in [5.41, 5.74) is 3.18. The van der Waals surface area contributed by atoms with Gasteiger partial charge in [-0.25, -0.2) is 4.39 Å². The number of halogens is 2. The standard InChI is InChI=1S/C8H5BrFN3/c9-7-5-6(10)1-2-8(7)13-12-4-3-11/h1-2,4-5,13H/b12-4+. The quantitative estimate of drug-likeness (QED) is 0.639. The van der Waals surface area contributed by atoms with Gasteiger partial charge in [-0.05, 0) is 34.1 Å². The van der Waals surface area contributed by atoms with Crippen molar-refractivity contribution in [3.63, 3.8) is 0 Å². The summed E-state index contributed by atoms with van der Waals surface area (Å²) in [6.07, 6.45) is 1.05. The van der Waals surface area contributed by atoms with E-state index in [2.05, 4.69) is 26.5 Å². The van der Waals surface area contributed by atoms with Crippen LogP contribution in [0.2, 0.25) is 0 Å². The SMILES string of the molecule is N#C/C=N/Nc1ccc(F)cc1Br. The van der Waals surface area contributed by atoms with E-state index in [1.54, 1.807) is 6.07 Å². The van der Waals surface area contributed by atoms with E-state index in [1.807, 2.05) is 0 Å². The Bertz CT molecular complexity index is 370. The molecular formula is C8H5BrFN3. The molecule has 1 N–H and O–H groups in total. The highest BCUT2D eigenvalue weighted by Gasteiger charge is 1.98. The molecule has 0 unspecified atom stereocenters. The predicted octanol–water partition coefficient (Wildman–Crippen LogP) is 2.51. The monoisotopic (exact) mass is 241 g/mol. The molecule has 0 atom stereocenters. The van der Waals surface area contributed by atoms with Crippen molar-refractivity contribution in [1.29, 1.82) is 5.26 Å². The van der Waals surface area contributed by atoms with Crippen LogP contribution in [0.1, 0.15) is 0 Å². The third-order valence-electron chi connectivity index (χ3n) is 1.24. The van der Waals surface area contributed by atoms with Crippen molar-refractivity contribution in [2.24, 2.45) is 5.10 Å². The van der Waals surface area contributed by atoms with E-state index < -0.39 is 0 Å². The minimum atomic E-state index is -0.332. The first-order valence-electron chi connectivity index (χ1n) is 3.36. The molecule has 1 aromatic rings. The average molecular weight is 242 g/mol. The summed E-state index contributed by atoms with van der Waals surface area (Å²) in [4.78, 5) is 0. The highest BCUT2D eigenvalue weighted by molar-refractivity contribution is 9.10. The van der Waals surface area contributed by atoms with E-state index in [9.17, 15) is 4.39 Å². The number of benzene rings is 1. The zero-order valence-corrected chi connectivity index (χ0v) is 8.05. The van der Waals surface area contributed by atoms with Crippen LogP contribution in [-0.2, 0) is 0 Å². The molecule has 0 saturated heterocycles. The minimum absolute atomic E-state index is 0.332. The maximum Gasteiger partial charge on any atom is 0.124 e. The number of nitrogens with one attached hydrogen (secondary N) is 1. The normalized spacial score (nSPS) is 9.92. The molecule has 5 heteroatoms. The molecule has 66 valence electrons. The van der Waals surface area contributed by atoms with Crippen molar-refractivity contribution in [2.75, 3.05) is 5.43 Å². The van der Waals surface area contributed by atoms with Crippen molar-refractivity contribution in [2.45, 2.75) is 0 Å². The Morgan fingerprint density at radius 1 is 1.62 bits per heavy atom. The smallest absolute Gasteiger partial charge is 0.124 e. The van der Waals surface area contributed by atoms with Crippen LogP contribution in [0.3, 0.4) is 0 Å². The molecule has 1 rings (SSSR count). The summed E-state index contributed by atoms with van der Waals surface area (Å²) in [6, 6.07) is 5.86. The molecule has 13 heavy (non-hydrogen) atoms. The van der Waals surface area contributed by atoms with Gasteiger partial charge in [0.2, 0.25) is 0 Å². The predicted molar refractivity (Wildman–Crippen MR) is 51.8 cm³/mol. The number of hydrazone groups is 1. The van der Waals surface area contributed by atoms with Gasteiger partial charge >= 0.3 is 0 Å². The fraction of sp³-hybridized carbons (Fsp3) is 0. The molecular weight excluding hydrogens is 237 g/mol. The van der Waals surface area contributed by atoms with Crippen LogP contribution in [0, 0.1) is 17.1 Å². The van der Waals surface area contributed by atoms with Gasteiger partial charge in [0.15, 0.2) is 0 Å². The summed E-state index contributed by atoms with van der Waals surface area (Å²) >= 11 is 3.14. The molecule has 0 aliphatic carbocycles. The summed E-state index contributed by atoms with van der Waals surface area (Å²) in [5.74, 6) is -0.332. The van der Waals surface area contributed by atoms with Crippen molar-refractivity contribution in [3.05, 3.63) is 28.5 Å². The third kappa shape index (κ3) is 2.84. The first-order valence-corrected chi connectivity index (χ1v) is 4.15. The van der Waals surface area contributed by atoms with E-state index in [-0.39, 0.29) is 5.82 Å². The molecule has 0 spiro atoms. The van der Waals surface area contributed by atoms with Gasteiger partial charge in [0, 0.05) is 4.47 Å². The Hall–Kier alpha value is -1.41. The van der Waals surface area contributed by atoms with Gasteiger partial charge in [-0.2, -0.15) is 10.4 Å². The molecule has 0 fully saturated rings. The number of hydrogen-bond donors (Lipinski definition) is 1. The van der Waals surface area contributed by atoms with Gasteiger partial charge in [0.1, 0.15) is 18.1 Å². The molecule has 1 aromatic carbocycles. The zero-order chi connectivity index (χ0) is 9.68. The van der Waals surface area contributed by atoms with Crippen LogP contribution in [0.15, 0.2) is 27.8 Å². The maximum atomic E-state index is 12.6. The largest absolute Gasteiger partial charge is 0.277 e. The first kappa shape index (κ1) is 9.68. The van der Waals surface area contributed by atoms with E-state index in [0.29, 0.717) is 10.2 Å². The highest BCUT2D eigenvalue weighted by Crippen LogP contribution is 2.22. The Balaban J connectivity index is 2.79. The second-order valence-electron chi connectivity index (χ2n) is 2.12. The van der Waals surface area contributed by atoms with Gasteiger partial charge in [0.05, 0.1) is 5.69 Å². The molecule has 0 aromatic heterocycles. The summed E-state index contributed by atoms with van der Waals surface area (Å²) in [7, 11) is 0. The lowest BCUT2D eigenvalue weighted by atomic mass is 10.3. The van der Waals surface area contributed by atoms with Gasteiger partial charge in [0.25, 0.3) is 0 Å². The van der Waals surface area contributed by atoms with Gasteiger partial charge in [-0.3, -0.25) is 5.43 Å². The summed E-state index contributed by atoms with van der Waals surface area (Å²) < 4.78 is 13.1. The van der Waals surface area contributed by atoms with Crippen LogP contribution in [0.5, 0.6) is 0 Å². The number of rotatable bonds is 2. The van der Waals surface area contributed by atoms with E-state index >= 15 is 0 Å². The Morgan fingerprint density at radius 3 is 3.00 bits per heavy atom. The fourth-order valence-electron chi connectivity index (χ4n) is 0.711. The zero-order valence-electron chi connectivity index (χ0n) is 6.46. The van der Waals surface area contributed by atoms with E-state index in [4.69, 9.17) is 5.26 Å². The third-order valence-corrected chi connectivity index (χ3v) is 1.89. The van der Waals surface area contributed by atoms with Crippen molar-refractivity contribution in [1.82, 2.24) is 0 Å². The second-order valence-corrected chi connectivity index (χ2v) is 2.98. The lowest BCUT2D eigenvalue weighted by Gasteiger charge is -2.01. The van der Waals surface area contributed by atoms with Gasteiger partial charge in [-0.15, -0.1) is 0 Å². The number of nitriles is 1. The minimum Gasteiger partial charge on any atom is -0.277 e. The molecule has 0 saturated carbocycles. The Kier molecular flexibility index (Phi) is 3.41. The molecule has 0 aliphatic heterocycles. The molecule has 0 amide bonds. The highest BCUT2D eigenvalue weighted by atomic mass is 79.9. The van der Waals surface area contributed by atoms with Crippen LogP contribution in [0.25, 0.3) is 0 Å². The van der Waals surface area contributed by atoms with Crippen LogP contribution >= 0.6 is 15.9 Å². The molecule has 3 nitrogen and oxygen atoms in total. The van der Waals surface area contributed by atoms with Gasteiger partial charge < -0.3 is 0 Å². The molecule has 0 radical (unpaired) electrons. The average Bonchev–Trinajstić information content (AvgIpc) is 2.09. The van der Waals surface area contributed by atoms with E-state index in [0.717, 1.165) is 6.21 Å². The lowest BCUT2D eigenvalue weighted by molar-refractivity contribution is 0.627.